The fraction of sp³-hybridized carbons (Fsp3) is 0.143. The van der Waals surface area contributed by atoms with E-state index in [4.69, 9.17) is 0 Å². The van der Waals surface area contributed by atoms with Gasteiger partial charge in [-0.25, -0.2) is 0 Å². The van der Waals surface area contributed by atoms with Crippen molar-refractivity contribution in [3.05, 3.63) is 51.1 Å². The largest absolute Gasteiger partial charge is 0.507 e. The van der Waals surface area contributed by atoms with Crippen molar-refractivity contribution in [2.45, 2.75) is 12.4 Å². The molecule has 0 atom stereocenters. The molecule has 0 saturated carbocycles. The lowest BCUT2D eigenvalue weighted by Gasteiger charge is -2.14. The van der Waals surface area contributed by atoms with Gasteiger partial charge in [-0.05, 0) is 64.0 Å². The summed E-state index contributed by atoms with van der Waals surface area (Å²) in [6, 6.07) is 5.16. The first-order valence-electron chi connectivity index (χ1n) is 5.77. The summed E-state index contributed by atoms with van der Waals surface area (Å²) in [5, 5.41) is 9.39. The van der Waals surface area contributed by atoms with Gasteiger partial charge in [-0.2, -0.15) is 26.3 Å². The van der Waals surface area contributed by atoms with Crippen molar-refractivity contribution in [1.29, 1.82) is 0 Å². The standard InChI is InChI=1S/C14H7F6IO/c15-13(16,17)9-3-8(4-10(6-9)14(18,19)20)7-1-2-12(22)11(21)5-7/h1-6,22H. The fourth-order valence-electron chi connectivity index (χ4n) is 1.81. The minimum atomic E-state index is -4.89. The van der Waals surface area contributed by atoms with E-state index in [2.05, 4.69) is 0 Å². The molecular weight excluding hydrogens is 425 g/mol. The number of hydrogen-bond acceptors (Lipinski definition) is 1. The highest BCUT2D eigenvalue weighted by Crippen LogP contribution is 2.39. The van der Waals surface area contributed by atoms with Gasteiger partial charge in [0.25, 0.3) is 0 Å². The molecule has 1 N–H and O–H groups in total. The monoisotopic (exact) mass is 432 g/mol. The summed E-state index contributed by atoms with van der Waals surface area (Å²) in [5.74, 6) is -0.104. The molecule has 2 rings (SSSR count). The Labute approximate surface area is 134 Å². The second-order valence-corrected chi connectivity index (χ2v) is 5.62. The van der Waals surface area contributed by atoms with E-state index in [-0.39, 0.29) is 22.9 Å². The quantitative estimate of drug-likeness (QED) is 0.453. The molecule has 0 unspecified atom stereocenters. The Balaban J connectivity index is 2.67. The summed E-state index contributed by atoms with van der Waals surface area (Å²) in [7, 11) is 0. The summed E-state index contributed by atoms with van der Waals surface area (Å²) < 4.78 is 77.0. The number of phenols is 1. The Morgan fingerprint density at radius 3 is 1.64 bits per heavy atom. The van der Waals surface area contributed by atoms with E-state index in [0.29, 0.717) is 15.7 Å². The van der Waals surface area contributed by atoms with Crippen LogP contribution in [0.15, 0.2) is 36.4 Å². The van der Waals surface area contributed by atoms with Crippen LogP contribution in [-0.4, -0.2) is 5.11 Å². The smallest absolute Gasteiger partial charge is 0.416 e. The number of phenolic OH excluding ortho intramolecular Hbond substituents is 1. The fourth-order valence-corrected chi connectivity index (χ4v) is 2.32. The topological polar surface area (TPSA) is 20.2 Å². The van der Waals surface area contributed by atoms with Crippen LogP contribution < -0.4 is 0 Å². The molecule has 0 bridgehead atoms. The Bertz CT molecular complexity index is 673. The highest BCUT2D eigenvalue weighted by molar-refractivity contribution is 14.1. The van der Waals surface area contributed by atoms with Crippen molar-refractivity contribution >= 4 is 22.6 Å². The van der Waals surface area contributed by atoms with Crippen LogP contribution in [0.2, 0.25) is 0 Å². The van der Waals surface area contributed by atoms with Gasteiger partial charge < -0.3 is 5.11 Å². The van der Waals surface area contributed by atoms with E-state index in [1.54, 1.807) is 22.6 Å². The summed E-state index contributed by atoms with van der Waals surface area (Å²) in [4.78, 5) is 0. The molecule has 0 fully saturated rings. The van der Waals surface area contributed by atoms with Crippen LogP contribution in [0.1, 0.15) is 11.1 Å². The molecule has 0 radical (unpaired) electrons. The number of halogens is 7. The van der Waals surface area contributed by atoms with Crippen LogP contribution in [0.25, 0.3) is 11.1 Å². The summed E-state index contributed by atoms with van der Waals surface area (Å²) in [5.41, 5.74) is -2.82. The van der Waals surface area contributed by atoms with E-state index in [0.717, 1.165) is 0 Å². The van der Waals surface area contributed by atoms with E-state index >= 15 is 0 Å². The molecule has 22 heavy (non-hydrogen) atoms. The Hall–Kier alpha value is -1.45. The van der Waals surface area contributed by atoms with Crippen molar-refractivity contribution in [3.63, 3.8) is 0 Å². The number of aromatic hydroxyl groups is 1. The minimum absolute atomic E-state index is 0.0783. The van der Waals surface area contributed by atoms with Gasteiger partial charge in [-0.3, -0.25) is 0 Å². The van der Waals surface area contributed by atoms with Crippen LogP contribution >= 0.6 is 22.6 Å². The minimum Gasteiger partial charge on any atom is -0.507 e. The number of hydrogen-bond donors (Lipinski definition) is 1. The van der Waals surface area contributed by atoms with Crippen molar-refractivity contribution in [2.24, 2.45) is 0 Å². The third-order valence-corrected chi connectivity index (χ3v) is 3.73. The molecule has 0 spiro atoms. The number of rotatable bonds is 1. The van der Waals surface area contributed by atoms with Gasteiger partial charge in [-0.1, -0.05) is 6.07 Å². The van der Waals surface area contributed by atoms with Gasteiger partial charge in [0.2, 0.25) is 0 Å². The lowest BCUT2D eigenvalue weighted by Crippen LogP contribution is -2.11. The zero-order chi connectivity index (χ0) is 16.7. The van der Waals surface area contributed by atoms with Crippen LogP contribution in [0.3, 0.4) is 0 Å². The van der Waals surface area contributed by atoms with Crippen molar-refractivity contribution in [2.75, 3.05) is 0 Å². The second-order valence-electron chi connectivity index (χ2n) is 4.46. The summed E-state index contributed by atoms with van der Waals surface area (Å²) in [6.07, 6.45) is -9.78. The molecule has 0 heterocycles. The molecule has 2 aromatic carbocycles. The van der Waals surface area contributed by atoms with Crippen molar-refractivity contribution < 1.29 is 31.4 Å². The average Bonchev–Trinajstić information content (AvgIpc) is 2.39. The molecule has 0 aliphatic carbocycles. The summed E-state index contributed by atoms with van der Waals surface area (Å²) >= 11 is 1.73. The first-order valence-corrected chi connectivity index (χ1v) is 6.85. The number of benzene rings is 2. The summed E-state index contributed by atoms with van der Waals surface area (Å²) in [6.45, 7) is 0. The highest BCUT2D eigenvalue weighted by Gasteiger charge is 2.37. The highest BCUT2D eigenvalue weighted by atomic mass is 127. The predicted octanol–water partition coefficient (Wildman–Crippen LogP) is 5.70. The molecule has 0 aliphatic heterocycles. The molecule has 118 valence electrons. The van der Waals surface area contributed by atoms with Gasteiger partial charge in [-0.15, -0.1) is 0 Å². The molecule has 0 aromatic heterocycles. The molecular formula is C14H7F6IO. The SMILES string of the molecule is Oc1ccc(-c2cc(C(F)(F)F)cc(C(F)(F)F)c2)cc1I. The van der Waals surface area contributed by atoms with Crippen molar-refractivity contribution in [3.8, 4) is 16.9 Å². The third kappa shape index (κ3) is 3.65. The maximum Gasteiger partial charge on any atom is 0.416 e. The molecule has 0 aliphatic rings. The maximum atomic E-state index is 12.8. The zero-order valence-corrected chi connectivity index (χ0v) is 12.7. The van der Waals surface area contributed by atoms with Gasteiger partial charge in [0.05, 0.1) is 14.7 Å². The Morgan fingerprint density at radius 2 is 1.23 bits per heavy atom. The predicted molar refractivity (Wildman–Crippen MR) is 76.3 cm³/mol. The Kier molecular flexibility index (Phi) is 4.33. The van der Waals surface area contributed by atoms with E-state index in [1.807, 2.05) is 0 Å². The number of alkyl halides is 6. The van der Waals surface area contributed by atoms with E-state index in [9.17, 15) is 31.4 Å². The average molecular weight is 432 g/mol. The maximum absolute atomic E-state index is 12.8. The van der Waals surface area contributed by atoms with Crippen LogP contribution in [0.4, 0.5) is 26.3 Å². The van der Waals surface area contributed by atoms with E-state index < -0.39 is 23.5 Å². The third-order valence-electron chi connectivity index (χ3n) is 2.87. The van der Waals surface area contributed by atoms with Crippen LogP contribution in [-0.2, 0) is 12.4 Å². The first kappa shape index (κ1) is 16.9. The molecule has 0 saturated heterocycles. The van der Waals surface area contributed by atoms with Gasteiger partial charge in [0.15, 0.2) is 0 Å². The first-order chi connectivity index (χ1) is 9.98. The van der Waals surface area contributed by atoms with Crippen molar-refractivity contribution in [1.82, 2.24) is 0 Å². The zero-order valence-electron chi connectivity index (χ0n) is 10.6. The van der Waals surface area contributed by atoms with E-state index in [1.165, 1.54) is 18.2 Å². The molecule has 8 heteroatoms. The van der Waals surface area contributed by atoms with Gasteiger partial charge in [0, 0.05) is 0 Å². The normalized spacial score (nSPS) is 12.5. The second kappa shape index (κ2) is 5.64. The van der Waals surface area contributed by atoms with Gasteiger partial charge in [0.1, 0.15) is 5.75 Å². The molecule has 2 aromatic rings. The lowest BCUT2D eigenvalue weighted by molar-refractivity contribution is -0.143. The van der Waals surface area contributed by atoms with Gasteiger partial charge >= 0.3 is 12.4 Å². The lowest BCUT2D eigenvalue weighted by atomic mass is 9.99. The van der Waals surface area contributed by atoms with Crippen LogP contribution in [0, 0.1) is 3.57 Å². The molecule has 1 nitrogen and oxygen atoms in total. The Morgan fingerprint density at radius 1 is 0.727 bits per heavy atom. The molecule has 0 amide bonds. The van der Waals surface area contributed by atoms with Crippen LogP contribution in [0.5, 0.6) is 5.75 Å².